The lowest BCUT2D eigenvalue weighted by Gasteiger charge is -2.28. The third-order valence-electron chi connectivity index (χ3n) is 3.02. The van der Waals surface area contributed by atoms with E-state index in [1.807, 2.05) is 0 Å². The molecule has 1 amide bonds. The molecule has 0 aliphatic heterocycles. The van der Waals surface area contributed by atoms with E-state index < -0.39 is 25.1 Å². The number of carbonyl (C=O) groups excluding carboxylic acids is 1. The summed E-state index contributed by atoms with van der Waals surface area (Å²) in [6, 6.07) is 6.82. The summed E-state index contributed by atoms with van der Waals surface area (Å²) in [5.74, 6) is -0.351. The SMILES string of the molecule is CCOP(=O)(OCC)[C@H](NC(=O)OC(C)(C)C)c1ccc(OC)cc1. The molecule has 8 heteroatoms. The highest BCUT2D eigenvalue weighted by atomic mass is 31.2. The summed E-state index contributed by atoms with van der Waals surface area (Å²) in [6.45, 7) is 9.03. The molecule has 1 aromatic carbocycles. The van der Waals surface area contributed by atoms with Crippen LogP contribution >= 0.6 is 7.60 Å². The molecule has 0 spiro atoms. The zero-order chi connectivity index (χ0) is 19.1. The molecule has 0 aliphatic carbocycles. The minimum Gasteiger partial charge on any atom is -0.497 e. The van der Waals surface area contributed by atoms with Crippen LogP contribution in [0.1, 0.15) is 46.0 Å². The Balaban J connectivity index is 3.19. The molecule has 0 bridgehead atoms. The predicted molar refractivity (Wildman–Crippen MR) is 96.0 cm³/mol. The molecular formula is C17H28NO6P. The number of methoxy groups -OCH3 is 1. The van der Waals surface area contributed by atoms with E-state index in [4.69, 9.17) is 18.5 Å². The Morgan fingerprint density at radius 3 is 2.04 bits per heavy atom. The van der Waals surface area contributed by atoms with Crippen LogP contribution in [0.4, 0.5) is 4.79 Å². The Kier molecular flexibility index (Phi) is 7.93. The van der Waals surface area contributed by atoms with E-state index in [1.54, 1.807) is 66.0 Å². The number of carbonyl (C=O) groups is 1. The van der Waals surface area contributed by atoms with E-state index in [0.717, 1.165) is 0 Å². The second-order valence-corrected chi connectivity index (χ2v) is 8.31. The van der Waals surface area contributed by atoms with Crippen LogP contribution in [0.25, 0.3) is 0 Å². The molecular weight excluding hydrogens is 345 g/mol. The van der Waals surface area contributed by atoms with Gasteiger partial charge in [-0.2, -0.15) is 0 Å². The van der Waals surface area contributed by atoms with Gasteiger partial charge in [0.1, 0.15) is 11.4 Å². The number of hydrogen-bond donors (Lipinski definition) is 1. The van der Waals surface area contributed by atoms with Gasteiger partial charge in [-0.3, -0.25) is 4.57 Å². The fourth-order valence-electron chi connectivity index (χ4n) is 2.10. The van der Waals surface area contributed by atoms with E-state index in [-0.39, 0.29) is 13.2 Å². The highest BCUT2D eigenvalue weighted by molar-refractivity contribution is 7.54. The van der Waals surface area contributed by atoms with Gasteiger partial charge in [0.15, 0.2) is 5.78 Å². The number of amides is 1. The molecule has 1 atom stereocenters. The van der Waals surface area contributed by atoms with Crippen molar-refractivity contribution in [3.8, 4) is 5.75 Å². The van der Waals surface area contributed by atoms with E-state index in [0.29, 0.717) is 11.3 Å². The molecule has 0 aromatic heterocycles. The third-order valence-corrected chi connectivity index (χ3v) is 5.32. The lowest BCUT2D eigenvalue weighted by molar-refractivity contribution is 0.0508. The van der Waals surface area contributed by atoms with Crippen molar-refractivity contribution in [1.82, 2.24) is 5.32 Å². The van der Waals surface area contributed by atoms with Crippen molar-refractivity contribution >= 4 is 13.7 Å². The van der Waals surface area contributed by atoms with Crippen LogP contribution in [0.5, 0.6) is 5.75 Å². The molecule has 1 aromatic rings. The van der Waals surface area contributed by atoms with Gasteiger partial charge in [0.05, 0.1) is 20.3 Å². The molecule has 142 valence electrons. The van der Waals surface area contributed by atoms with Crippen molar-refractivity contribution in [2.45, 2.75) is 46.0 Å². The van der Waals surface area contributed by atoms with Crippen LogP contribution in [-0.2, 0) is 18.3 Å². The summed E-state index contributed by atoms with van der Waals surface area (Å²) in [4.78, 5) is 12.2. The van der Waals surface area contributed by atoms with Crippen LogP contribution in [0.2, 0.25) is 0 Å². The molecule has 0 fully saturated rings. The van der Waals surface area contributed by atoms with Crippen molar-refractivity contribution in [3.05, 3.63) is 29.8 Å². The normalized spacial score (nSPS) is 13.2. The van der Waals surface area contributed by atoms with Gasteiger partial charge >= 0.3 is 13.7 Å². The maximum Gasteiger partial charge on any atom is 0.408 e. The first-order chi connectivity index (χ1) is 11.6. The third kappa shape index (κ3) is 6.69. The highest BCUT2D eigenvalue weighted by Gasteiger charge is 2.39. The topological polar surface area (TPSA) is 83.1 Å². The number of benzene rings is 1. The first kappa shape index (κ1) is 21.5. The summed E-state index contributed by atoms with van der Waals surface area (Å²) < 4.78 is 34.4. The van der Waals surface area contributed by atoms with E-state index in [2.05, 4.69) is 5.32 Å². The van der Waals surface area contributed by atoms with Crippen molar-refractivity contribution in [3.63, 3.8) is 0 Å². The maximum absolute atomic E-state index is 13.2. The Labute approximate surface area is 149 Å². The van der Waals surface area contributed by atoms with Crippen molar-refractivity contribution in [2.24, 2.45) is 0 Å². The summed E-state index contributed by atoms with van der Waals surface area (Å²) in [5, 5.41) is 2.62. The second kappa shape index (κ2) is 9.22. The van der Waals surface area contributed by atoms with E-state index >= 15 is 0 Å². The van der Waals surface area contributed by atoms with Gasteiger partial charge in [-0.15, -0.1) is 0 Å². The lowest BCUT2D eigenvalue weighted by Crippen LogP contribution is -2.35. The Bertz CT molecular complexity index is 586. The minimum absolute atomic E-state index is 0.180. The van der Waals surface area contributed by atoms with Crippen LogP contribution in [-0.4, -0.2) is 32.0 Å². The molecule has 0 aliphatic rings. The van der Waals surface area contributed by atoms with Crippen molar-refractivity contribution < 1.29 is 27.9 Å². The smallest absolute Gasteiger partial charge is 0.408 e. The summed E-state index contributed by atoms with van der Waals surface area (Å²) in [5.41, 5.74) is -0.118. The van der Waals surface area contributed by atoms with Gasteiger partial charge in [-0.05, 0) is 52.3 Å². The molecule has 25 heavy (non-hydrogen) atoms. The summed E-state index contributed by atoms with van der Waals surface area (Å²) >= 11 is 0. The maximum atomic E-state index is 13.2. The van der Waals surface area contributed by atoms with Gasteiger partial charge in [-0.1, -0.05) is 12.1 Å². The fraction of sp³-hybridized carbons (Fsp3) is 0.588. The lowest BCUT2D eigenvalue weighted by atomic mass is 10.2. The van der Waals surface area contributed by atoms with E-state index in [1.165, 1.54) is 0 Å². The quantitative estimate of drug-likeness (QED) is 0.676. The van der Waals surface area contributed by atoms with E-state index in [9.17, 15) is 9.36 Å². The number of rotatable bonds is 8. The fourth-order valence-corrected chi connectivity index (χ4v) is 3.99. The van der Waals surface area contributed by atoms with Crippen LogP contribution in [0, 0.1) is 0 Å². The zero-order valence-corrected chi connectivity index (χ0v) is 16.6. The average molecular weight is 373 g/mol. The molecule has 1 N–H and O–H groups in total. The Hall–Kier alpha value is -1.56. The molecule has 7 nitrogen and oxygen atoms in total. The number of ether oxygens (including phenoxy) is 2. The molecule has 0 saturated carbocycles. The molecule has 1 rings (SSSR count). The first-order valence-electron chi connectivity index (χ1n) is 8.17. The van der Waals surface area contributed by atoms with Crippen LogP contribution < -0.4 is 10.1 Å². The minimum atomic E-state index is -3.65. The second-order valence-electron chi connectivity index (χ2n) is 6.20. The van der Waals surface area contributed by atoms with Crippen LogP contribution in [0.3, 0.4) is 0 Å². The van der Waals surface area contributed by atoms with Gasteiger partial charge in [0, 0.05) is 0 Å². The average Bonchev–Trinajstić information content (AvgIpc) is 2.51. The van der Waals surface area contributed by atoms with Crippen molar-refractivity contribution in [2.75, 3.05) is 20.3 Å². The molecule has 0 unspecified atom stereocenters. The Morgan fingerprint density at radius 1 is 1.12 bits per heavy atom. The van der Waals surface area contributed by atoms with Gasteiger partial charge in [0.2, 0.25) is 0 Å². The number of hydrogen-bond acceptors (Lipinski definition) is 6. The summed E-state index contributed by atoms with van der Waals surface area (Å²) in [6.07, 6.45) is -0.701. The molecule has 0 saturated heterocycles. The molecule has 0 radical (unpaired) electrons. The largest absolute Gasteiger partial charge is 0.497 e. The zero-order valence-electron chi connectivity index (χ0n) is 15.7. The first-order valence-corrected chi connectivity index (χ1v) is 9.78. The van der Waals surface area contributed by atoms with Gasteiger partial charge in [-0.25, -0.2) is 4.79 Å². The van der Waals surface area contributed by atoms with Crippen LogP contribution in [0.15, 0.2) is 24.3 Å². The standard InChI is InChI=1S/C17H28NO6P/c1-7-22-25(20,23-8-2)15(18-16(19)24-17(3,4)5)13-9-11-14(21-6)12-10-13/h9-12,15H,7-8H2,1-6H3,(H,18,19)/t15-/m0/s1. The predicted octanol–water partition coefficient (Wildman–Crippen LogP) is 4.48. The molecule has 0 heterocycles. The van der Waals surface area contributed by atoms with Gasteiger partial charge < -0.3 is 23.8 Å². The number of alkyl carbamates (subject to hydrolysis) is 1. The Morgan fingerprint density at radius 2 is 1.64 bits per heavy atom. The summed E-state index contributed by atoms with van der Waals surface area (Å²) in [7, 11) is -2.09. The van der Waals surface area contributed by atoms with Crippen molar-refractivity contribution in [1.29, 1.82) is 0 Å². The highest BCUT2D eigenvalue weighted by Crippen LogP contribution is 2.59. The number of nitrogens with one attached hydrogen (secondary N) is 1. The monoisotopic (exact) mass is 373 g/mol. The van der Waals surface area contributed by atoms with Gasteiger partial charge in [0.25, 0.3) is 0 Å².